The summed E-state index contributed by atoms with van der Waals surface area (Å²) >= 11 is 2.44. The molecule has 2 rings (SSSR count). The molecule has 2 N–H and O–H groups in total. The van der Waals surface area contributed by atoms with Gasteiger partial charge in [0.15, 0.2) is 0 Å². The fourth-order valence-electron chi connectivity index (χ4n) is 1.83. The number of hydrogen-bond acceptors (Lipinski definition) is 8. The maximum atomic E-state index is 11.9. The third-order valence-electron chi connectivity index (χ3n) is 2.89. The van der Waals surface area contributed by atoms with Crippen LogP contribution in [0.15, 0.2) is 23.6 Å². The fourth-order valence-corrected chi connectivity index (χ4v) is 3.37. The molecule has 0 spiro atoms. The van der Waals surface area contributed by atoms with Crippen LogP contribution in [0.2, 0.25) is 0 Å². The number of esters is 2. The molecule has 0 bridgehead atoms. The first-order chi connectivity index (χ1) is 11.6. The summed E-state index contributed by atoms with van der Waals surface area (Å²) in [7, 11) is 0. The molecule has 0 saturated carbocycles. The molecule has 24 heavy (non-hydrogen) atoms. The number of rotatable bonds is 6. The minimum Gasteiger partial charge on any atom is -0.462 e. The van der Waals surface area contributed by atoms with E-state index in [0.717, 1.165) is 16.2 Å². The van der Waals surface area contributed by atoms with E-state index < -0.39 is 11.9 Å². The molecule has 2 aromatic rings. The summed E-state index contributed by atoms with van der Waals surface area (Å²) in [6, 6.07) is 5.66. The van der Waals surface area contributed by atoms with Crippen molar-refractivity contribution in [2.75, 3.05) is 12.3 Å². The van der Waals surface area contributed by atoms with Crippen LogP contribution in [0, 0.1) is 11.3 Å². The van der Waals surface area contributed by atoms with Gasteiger partial charge in [-0.2, -0.15) is 5.26 Å². The van der Waals surface area contributed by atoms with Crippen LogP contribution in [-0.2, 0) is 20.9 Å². The average molecular weight is 362 g/mol. The zero-order valence-electron chi connectivity index (χ0n) is 12.8. The van der Waals surface area contributed by atoms with Crippen molar-refractivity contribution in [3.63, 3.8) is 0 Å². The van der Waals surface area contributed by atoms with E-state index in [1.54, 1.807) is 13.0 Å². The van der Waals surface area contributed by atoms with Crippen LogP contribution in [0.25, 0.3) is 6.08 Å². The Morgan fingerprint density at radius 3 is 2.83 bits per heavy atom. The second kappa shape index (κ2) is 8.29. The molecule has 0 aromatic carbocycles. The van der Waals surface area contributed by atoms with Crippen LogP contribution < -0.4 is 5.73 Å². The number of nitrogens with zero attached hydrogens (tertiary/aromatic N) is 1. The molecule has 0 aliphatic rings. The summed E-state index contributed by atoms with van der Waals surface area (Å²) in [5.74, 6) is -1.16. The highest BCUT2D eigenvalue weighted by atomic mass is 32.1. The van der Waals surface area contributed by atoms with Crippen molar-refractivity contribution in [3.8, 4) is 6.07 Å². The number of nitrogens with two attached hydrogens (primary N) is 1. The SMILES string of the molecule is CCOC(=O)c1sc(N)c(C#N)c1COC(=O)/C=C/c1cccs1. The molecule has 2 aromatic heterocycles. The minimum atomic E-state index is -0.587. The molecular weight excluding hydrogens is 348 g/mol. The second-order valence-electron chi connectivity index (χ2n) is 4.44. The Labute approximate surface area is 146 Å². The molecule has 0 atom stereocenters. The van der Waals surface area contributed by atoms with Gasteiger partial charge in [0, 0.05) is 16.5 Å². The Bertz CT molecular complexity index is 801. The number of nitriles is 1. The second-order valence-corrected chi connectivity index (χ2v) is 6.47. The van der Waals surface area contributed by atoms with E-state index in [4.69, 9.17) is 15.2 Å². The first kappa shape index (κ1) is 17.7. The van der Waals surface area contributed by atoms with Crippen molar-refractivity contribution in [2.24, 2.45) is 0 Å². The Morgan fingerprint density at radius 2 is 2.21 bits per heavy atom. The van der Waals surface area contributed by atoms with E-state index in [2.05, 4.69) is 0 Å². The first-order valence-electron chi connectivity index (χ1n) is 6.93. The van der Waals surface area contributed by atoms with E-state index in [1.807, 2.05) is 23.6 Å². The number of thiophene rings is 2. The lowest BCUT2D eigenvalue weighted by Gasteiger charge is -2.05. The Hall–Kier alpha value is -2.63. The zero-order chi connectivity index (χ0) is 17.5. The van der Waals surface area contributed by atoms with Gasteiger partial charge in [0.05, 0.1) is 12.2 Å². The molecular formula is C16H14N2O4S2. The summed E-state index contributed by atoms with van der Waals surface area (Å²) in [6.45, 7) is 1.65. The molecule has 6 nitrogen and oxygen atoms in total. The summed E-state index contributed by atoms with van der Waals surface area (Å²) in [6.07, 6.45) is 2.92. The van der Waals surface area contributed by atoms with E-state index in [9.17, 15) is 14.9 Å². The molecule has 124 valence electrons. The van der Waals surface area contributed by atoms with Crippen molar-refractivity contribution in [2.45, 2.75) is 13.5 Å². The Kier molecular flexibility index (Phi) is 6.12. The van der Waals surface area contributed by atoms with Crippen LogP contribution in [0.3, 0.4) is 0 Å². The normalized spacial score (nSPS) is 10.5. The largest absolute Gasteiger partial charge is 0.462 e. The van der Waals surface area contributed by atoms with Crippen molar-refractivity contribution in [3.05, 3.63) is 44.5 Å². The van der Waals surface area contributed by atoms with Crippen LogP contribution in [0.4, 0.5) is 5.00 Å². The predicted octanol–water partition coefficient (Wildman–Crippen LogP) is 3.20. The quantitative estimate of drug-likeness (QED) is 0.625. The molecule has 0 saturated heterocycles. The summed E-state index contributed by atoms with van der Waals surface area (Å²) in [5.41, 5.74) is 6.16. The van der Waals surface area contributed by atoms with E-state index >= 15 is 0 Å². The van der Waals surface area contributed by atoms with Gasteiger partial charge in [-0.15, -0.1) is 22.7 Å². The maximum Gasteiger partial charge on any atom is 0.348 e. The van der Waals surface area contributed by atoms with Crippen molar-refractivity contribution in [1.82, 2.24) is 0 Å². The highest BCUT2D eigenvalue weighted by Crippen LogP contribution is 2.31. The molecule has 0 aliphatic carbocycles. The first-order valence-corrected chi connectivity index (χ1v) is 8.63. The molecule has 2 heterocycles. The van der Waals surface area contributed by atoms with Gasteiger partial charge < -0.3 is 15.2 Å². The molecule has 0 aliphatic heterocycles. The molecule has 0 fully saturated rings. The lowest BCUT2D eigenvalue weighted by atomic mass is 10.1. The number of nitrogen functional groups attached to an aromatic ring is 1. The maximum absolute atomic E-state index is 11.9. The highest BCUT2D eigenvalue weighted by Gasteiger charge is 2.23. The van der Waals surface area contributed by atoms with Crippen molar-refractivity contribution >= 4 is 45.7 Å². The van der Waals surface area contributed by atoms with Crippen molar-refractivity contribution < 1.29 is 19.1 Å². The van der Waals surface area contributed by atoms with Crippen LogP contribution in [-0.4, -0.2) is 18.5 Å². The summed E-state index contributed by atoms with van der Waals surface area (Å²) < 4.78 is 10.1. The molecule has 0 radical (unpaired) electrons. The van der Waals surface area contributed by atoms with Gasteiger partial charge in [0.1, 0.15) is 22.6 Å². The lowest BCUT2D eigenvalue weighted by molar-refractivity contribution is -0.138. The van der Waals surface area contributed by atoms with Crippen LogP contribution >= 0.6 is 22.7 Å². The minimum absolute atomic E-state index is 0.137. The van der Waals surface area contributed by atoms with Gasteiger partial charge in [0.2, 0.25) is 0 Å². The van der Waals surface area contributed by atoms with Crippen LogP contribution in [0.5, 0.6) is 0 Å². The standard InChI is InChI=1S/C16H14N2O4S2/c1-2-21-16(20)14-12(11(8-17)15(18)24-14)9-22-13(19)6-5-10-4-3-7-23-10/h3-7H,2,9,18H2,1H3/b6-5+. The van der Waals surface area contributed by atoms with E-state index in [-0.39, 0.29) is 34.2 Å². The van der Waals surface area contributed by atoms with Gasteiger partial charge in [-0.3, -0.25) is 0 Å². The molecule has 0 unspecified atom stereocenters. The number of anilines is 1. The van der Waals surface area contributed by atoms with E-state index in [1.165, 1.54) is 17.4 Å². The van der Waals surface area contributed by atoms with Gasteiger partial charge in [0.25, 0.3) is 0 Å². The van der Waals surface area contributed by atoms with Crippen molar-refractivity contribution in [1.29, 1.82) is 5.26 Å². The Balaban J connectivity index is 2.12. The number of ether oxygens (including phenoxy) is 2. The summed E-state index contributed by atoms with van der Waals surface area (Å²) in [4.78, 5) is 24.8. The monoisotopic (exact) mass is 362 g/mol. The average Bonchev–Trinajstić information content (AvgIpc) is 3.18. The third-order valence-corrected chi connectivity index (χ3v) is 4.77. The van der Waals surface area contributed by atoms with Crippen LogP contribution in [0.1, 0.15) is 32.6 Å². The highest BCUT2D eigenvalue weighted by molar-refractivity contribution is 7.18. The zero-order valence-corrected chi connectivity index (χ0v) is 14.4. The molecule has 0 amide bonds. The van der Waals surface area contributed by atoms with E-state index in [0.29, 0.717) is 0 Å². The number of carbonyl (C=O) groups is 2. The fraction of sp³-hybridized carbons (Fsp3) is 0.188. The smallest absolute Gasteiger partial charge is 0.348 e. The topological polar surface area (TPSA) is 102 Å². The number of carbonyl (C=O) groups excluding carboxylic acids is 2. The van der Waals surface area contributed by atoms with Gasteiger partial charge in [-0.25, -0.2) is 9.59 Å². The Morgan fingerprint density at radius 1 is 1.42 bits per heavy atom. The predicted molar refractivity (Wildman–Crippen MR) is 92.6 cm³/mol. The van der Waals surface area contributed by atoms with Gasteiger partial charge in [-0.05, 0) is 24.4 Å². The summed E-state index contributed by atoms with van der Waals surface area (Å²) in [5, 5.41) is 11.3. The van der Waals surface area contributed by atoms with Gasteiger partial charge >= 0.3 is 11.9 Å². The third kappa shape index (κ3) is 4.22. The van der Waals surface area contributed by atoms with Gasteiger partial charge in [-0.1, -0.05) is 6.07 Å². The number of hydrogen-bond donors (Lipinski definition) is 1. The molecule has 8 heteroatoms. The lowest BCUT2D eigenvalue weighted by Crippen LogP contribution is -2.08.